The van der Waals surface area contributed by atoms with Crippen LogP contribution < -0.4 is 5.32 Å². The van der Waals surface area contributed by atoms with Crippen LogP contribution >= 0.6 is 23.4 Å². The van der Waals surface area contributed by atoms with Crippen LogP contribution in [0.15, 0.2) is 23.1 Å². The van der Waals surface area contributed by atoms with E-state index in [0.717, 1.165) is 16.5 Å². The van der Waals surface area contributed by atoms with Crippen molar-refractivity contribution in [2.75, 3.05) is 18.1 Å². The number of benzene rings is 1. The van der Waals surface area contributed by atoms with E-state index in [4.69, 9.17) is 11.6 Å². The Morgan fingerprint density at radius 1 is 1.50 bits per heavy atom. The summed E-state index contributed by atoms with van der Waals surface area (Å²) in [5.41, 5.74) is 1.11. The van der Waals surface area contributed by atoms with Crippen LogP contribution in [0.25, 0.3) is 0 Å². The second kappa shape index (κ2) is 4.63. The smallest absolute Gasteiger partial charge is 0.0490 e. The molecule has 1 rings (SSSR count). The molecule has 0 fully saturated rings. The van der Waals surface area contributed by atoms with Gasteiger partial charge in [0.05, 0.1) is 0 Å². The van der Waals surface area contributed by atoms with Crippen molar-refractivity contribution < 1.29 is 0 Å². The first-order chi connectivity index (χ1) is 5.77. The molecule has 0 unspecified atom stereocenters. The molecule has 1 N–H and O–H groups in total. The summed E-state index contributed by atoms with van der Waals surface area (Å²) in [5.74, 6) is 1.08. The lowest BCUT2D eigenvalue weighted by Crippen LogP contribution is -1.90. The number of halogens is 1. The third-order valence-electron chi connectivity index (χ3n) is 1.51. The molecule has 3 heteroatoms. The molecule has 0 saturated carbocycles. The van der Waals surface area contributed by atoms with Gasteiger partial charge in [-0.1, -0.05) is 18.5 Å². The molecule has 0 radical (unpaired) electrons. The highest BCUT2D eigenvalue weighted by Crippen LogP contribution is 2.29. The van der Waals surface area contributed by atoms with Gasteiger partial charge in [-0.25, -0.2) is 0 Å². The molecule has 0 amide bonds. The number of rotatable bonds is 3. The summed E-state index contributed by atoms with van der Waals surface area (Å²) in [6.07, 6.45) is 0. The molecule has 0 atom stereocenters. The standard InChI is InChI=1S/C9H12ClNS/c1-3-12-9-5-4-7(10)6-8(9)11-2/h4-6,11H,3H2,1-2H3. The summed E-state index contributed by atoms with van der Waals surface area (Å²) >= 11 is 7.66. The fraction of sp³-hybridized carbons (Fsp3) is 0.333. The molecule has 0 spiro atoms. The molecule has 0 saturated heterocycles. The minimum Gasteiger partial charge on any atom is -0.387 e. The first-order valence-electron chi connectivity index (χ1n) is 3.88. The van der Waals surface area contributed by atoms with Crippen molar-refractivity contribution in [2.45, 2.75) is 11.8 Å². The fourth-order valence-electron chi connectivity index (χ4n) is 0.979. The largest absolute Gasteiger partial charge is 0.387 e. The van der Waals surface area contributed by atoms with E-state index in [1.54, 1.807) is 0 Å². The van der Waals surface area contributed by atoms with Gasteiger partial charge in [0, 0.05) is 22.7 Å². The van der Waals surface area contributed by atoms with Crippen LogP contribution in [0.5, 0.6) is 0 Å². The third-order valence-corrected chi connectivity index (χ3v) is 2.70. The van der Waals surface area contributed by atoms with E-state index >= 15 is 0 Å². The maximum Gasteiger partial charge on any atom is 0.0490 e. The second-order valence-corrected chi connectivity index (χ2v) is 4.07. The Kier molecular flexibility index (Phi) is 3.76. The zero-order valence-electron chi connectivity index (χ0n) is 7.23. The lowest BCUT2D eigenvalue weighted by atomic mass is 10.3. The molecule has 0 heterocycles. The molecule has 66 valence electrons. The number of hydrogen-bond donors (Lipinski definition) is 1. The Balaban J connectivity index is 2.94. The monoisotopic (exact) mass is 201 g/mol. The van der Waals surface area contributed by atoms with E-state index in [9.17, 15) is 0 Å². The van der Waals surface area contributed by atoms with E-state index in [-0.39, 0.29) is 0 Å². The lowest BCUT2D eigenvalue weighted by molar-refractivity contribution is 1.37. The number of anilines is 1. The van der Waals surface area contributed by atoms with Crippen molar-refractivity contribution in [1.29, 1.82) is 0 Å². The molecule has 12 heavy (non-hydrogen) atoms. The van der Waals surface area contributed by atoms with Crippen LogP contribution in [0.3, 0.4) is 0 Å². The van der Waals surface area contributed by atoms with E-state index in [0.29, 0.717) is 0 Å². The summed E-state index contributed by atoms with van der Waals surface area (Å²) in [6, 6.07) is 5.91. The van der Waals surface area contributed by atoms with Crippen LogP contribution in [-0.4, -0.2) is 12.8 Å². The van der Waals surface area contributed by atoms with Gasteiger partial charge in [-0.15, -0.1) is 11.8 Å². The lowest BCUT2D eigenvalue weighted by Gasteiger charge is -2.07. The van der Waals surface area contributed by atoms with Crippen molar-refractivity contribution in [3.05, 3.63) is 23.2 Å². The fourth-order valence-corrected chi connectivity index (χ4v) is 1.94. The summed E-state index contributed by atoms with van der Waals surface area (Å²) in [6.45, 7) is 2.14. The first kappa shape index (κ1) is 9.75. The minimum absolute atomic E-state index is 0.778. The van der Waals surface area contributed by atoms with Gasteiger partial charge < -0.3 is 5.32 Å². The van der Waals surface area contributed by atoms with Gasteiger partial charge in [0.2, 0.25) is 0 Å². The molecule has 0 aliphatic carbocycles. The molecule has 0 bridgehead atoms. The van der Waals surface area contributed by atoms with Gasteiger partial charge in [0.15, 0.2) is 0 Å². The van der Waals surface area contributed by atoms with Crippen LogP contribution in [0.4, 0.5) is 5.69 Å². The van der Waals surface area contributed by atoms with Gasteiger partial charge in [-0.05, 0) is 24.0 Å². The highest BCUT2D eigenvalue weighted by Gasteiger charge is 2.00. The molecular formula is C9H12ClNS. The van der Waals surface area contributed by atoms with Gasteiger partial charge >= 0.3 is 0 Å². The first-order valence-corrected chi connectivity index (χ1v) is 5.24. The van der Waals surface area contributed by atoms with Crippen molar-refractivity contribution in [1.82, 2.24) is 0 Å². The average molecular weight is 202 g/mol. The van der Waals surface area contributed by atoms with E-state index in [1.165, 1.54) is 4.90 Å². The quantitative estimate of drug-likeness (QED) is 0.752. The zero-order chi connectivity index (χ0) is 8.97. The third kappa shape index (κ3) is 2.32. The summed E-state index contributed by atoms with van der Waals surface area (Å²) in [7, 11) is 1.91. The highest BCUT2D eigenvalue weighted by molar-refractivity contribution is 7.99. The Morgan fingerprint density at radius 2 is 2.25 bits per heavy atom. The number of nitrogens with one attached hydrogen (secondary N) is 1. The summed E-state index contributed by atoms with van der Waals surface area (Å²) < 4.78 is 0. The van der Waals surface area contributed by atoms with E-state index in [2.05, 4.69) is 12.2 Å². The van der Waals surface area contributed by atoms with Crippen LogP contribution in [0.1, 0.15) is 6.92 Å². The highest BCUT2D eigenvalue weighted by atomic mass is 35.5. The molecule has 0 aromatic heterocycles. The second-order valence-electron chi connectivity index (χ2n) is 2.32. The maximum atomic E-state index is 5.85. The van der Waals surface area contributed by atoms with E-state index in [1.807, 2.05) is 37.0 Å². The Morgan fingerprint density at radius 3 is 2.83 bits per heavy atom. The summed E-state index contributed by atoms with van der Waals surface area (Å²) in [4.78, 5) is 1.25. The average Bonchev–Trinajstić information content (AvgIpc) is 2.08. The predicted molar refractivity (Wildman–Crippen MR) is 57.4 cm³/mol. The van der Waals surface area contributed by atoms with Crippen molar-refractivity contribution >= 4 is 29.1 Å². The number of thioether (sulfide) groups is 1. The normalized spacial score (nSPS) is 9.92. The summed E-state index contributed by atoms with van der Waals surface area (Å²) in [5, 5.41) is 3.89. The van der Waals surface area contributed by atoms with Gasteiger partial charge in [0.25, 0.3) is 0 Å². The maximum absolute atomic E-state index is 5.85. The molecule has 0 aliphatic rings. The van der Waals surface area contributed by atoms with Crippen molar-refractivity contribution in [3.8, 4) is 0 Å². The molecular weight excluding hydrogens is 190 g/mol. The van der Waals surface area contributed by atoms with Crippen molar-refractivity contribution in [3.63, 3.8) is 0 Å². The number of hydrogen-bond acceptors (Lipinski definition) is 2. The Labute approximate surface area is 82.5 Å². The SMILES string of the molecule is CCSc1ccc(Cl)cc1NC. The molecule has 1 nitrogen and oxygen atoms in total. The topological polar surface area (TPSA) is 12.0 Å². The van der Waals surface area contributed by atoms with Crippen LogP contribution in [-0.2, 0) is 0 Å². The zero-order valence-corrected chi connectivity index (χ0v) is 8.80. The Bertz CT molecular complexity index is 263. The van der Waals surface area contributed by atoms with Crippen molar-refractivity contribution in [2.24, 2.45) is 0 Å². The van der Waals surface area contributed by atoms with Gasteiger partial charge in [0.1, 0.15) is 0 Å². The Hall–Kier alpha value is -0.340. The van der Waals surface area contributed by atoms with Gasteiger partial charge in [-0.2, -0.15) is 0 Å². The van der Waals surface area contributed by atoms with Crippen LogP contribution in [0.2, 0.25) is 5.02 Å². The van der Waals surface area contributed by atoms with E-state index < -0.39 is 0 Å². The minimum atomic E-state index is 0.778. The molecule has 1 aromatic rings. The molecule has 0 aliphatic heterocycles. The van der Waals surface area contributed by atoms with Gasteiger partial charge in [-0.3, -0.25) is 0 Å². The predicted octanol–water partition coefficient (Wildman–Crippen LogP) is 3.49. The molecule has 1 aromatic carbocycles. The van der Waals surface area contributed by atoms with Crippen LogP contribution in [0, 0.1) is 0 Å².